The van der Waals surface area contributed by atoms with Crippen molar-refractivity contribution in [2.75, 3.05) is 5.32 Å². The molecule has 5 heteroatoms. The summed E-state index contributed by atoms with van der Waals surface area (Å²) in [4.78, 5) is 24.8. The van der Waals surface area contributed by atoms with Crippen molar-refractivity contribution in [1.29, 1.82) is 0 Å². The molecule has 1 unspecified atom stereocenters. The maximum atomic E-state index is 12.5. The van der Waals surface area contributed by atoms with Gasteiger partial charge < -0.3 is 10.6 Å². The van der Waals surface area contributed by atoms with E-state index in [1.54, 1.807) is 18.2 Å². The van der Waals surface area contributed by atoms with Gasteiger partial charge in [-0.05, 0) is 99.3 Å². The van der Waals surface area contributed by atoms with Crippen molar-refractivity contribution in [3.63, 3.8) is 0 Å². The Labute approximate surface area is 160 Å². The van der Waals surface area contributed by atoms with Crippen LogP contribution in [-0.2, 0) is 9.59 Å². The second-order valence-corrected chi connectivity index (χ2v) is 9.32. The van der Waals surface area contributed by atoms with E-state index < -0.39 is 11.8 Å². The van der Waals surface area contributed by atoms with Crippen LogP contribution in [0.3, 0.4) is 0 Å². The predicted octanol–water partition coefficient (Wildman–Crippen LogP) is 4.31. The van der Waals surface area contributed by atoms with Crippen LogP contribution in [0.25, 0.3) is 0 Å². The number of carbonyl (C=O) groups excluding carboxylic acids is 2. The van der Waals surface area contributed by atoms with Gasteiger partial charge in [0.05, 0.1) is 0 Å². The van der Waals surface area contributed by atoms with E-state index in [4.69, 9.17) is 11.6 Å². The molecule has 0 saturated heterocycles. The van der Waals surface area contributed by atoms with Gasteiger partial charge >= 0.3 is 11.8 Å². The highest BCUT2D eigenvalue weighted by molar-refractivity contribution is 6.39. The third kappa shape index (κ3) is 3.24. The number of hydrogen-bond acceptors (Lipinski definition) is 2. The van der Waals surface area contributed by atoms with E-state index in [-0.39, 0.29) is 11.5 Å². The summed E-state index contributed by atoms with van der Waals surface area (Å²) in [5.41, 5.74) is 1.66. The summed E-state index contributed by atoms with van der Waals surface area (Å²) in [7, 11) is 0. The third-order valence-electron chi connectivity index (χ3n) is 6.99. The molecular weight excluding hydrogens is 348 g/mol. The minimum atomic E-state index is -0.605. The van der Waals surface area contributed by atoms with Gasteiger partial charge in [0.1, 0.15) is 0 Å². The lowest BCUT2D eigenvalue weighted by molar-refractivity contribution is -0.138. The van der Waals surface area contributed by atoms with E-state index in [1.807, 2.05) is 6.92 Å². The summed E-state index contributed by atoms with van der Waals surface area (Å²) in [5, 5.41) is 6.33. The van der Waals surface area contributed by atoms with Crippen molar-refractivity contribution >= 4 is 29.1 Å². The van der Waals surface area contributed by atoms with Crippen LogP contribution in [0.4, 0.5) is 5.69 Å². The fourth-order valence-corrected chi connectivity index (χ4v) is 6.30. The molecule has 1 atom stereocenters. The number of anilines is 1. The van der Waals surface area contributed by atoms with Crippen LogP contribution in [-0.4, -0.2) is 17.9 Å². The SMILES string of the molecule is Cc1cc(Cl)ccc1NC(=O)C(=O)NC(C)C12CC3CC(CC(C3)C1)C2. The zero-order chi connectivity index (χ0) is 18.5. The van der Waals surface area contributed by atoms with Crippen molar-refractivity contribution in [2.45, 2.75) is 58.4 Å². The number of aryl methyl sites for hydroxylation is 1. The van der Waals surface area contributed by atoms with Gasteiger partial charge in [0.15, 0.2) is 0 Å². The van der Waals surface area contributed by atoms with Crippen molar-refractivity contribution in [1.82, 2.24) is 5.32 Å². The first-order valence-corrected chi connectivity index (χ1v) is 10.1. The molecule has 0 heterocycles. The summed E-state index contributed by atoms with van der Waals surface area (Å²) in [5.74, 6) is 1.33. The Hall–Kier alpha value is -1.55. The molecule has 26 heavy (non-hydrogen) atoms. The Balaban J connectivity index is 1.40. The highest BCUT2D eigenvalue weighted by Gasteiger charge is 2.53. The normalized spacial score (nSPS) is 33.0. The van der Waals surface area contributed by atoms with Crippen molar-refractivity contribution in [2.24, 2.45) is 23.2 Å². The van der Waals surface area contributed by atoms with Crippen LogP contribution in [0.2, 0.25) is 5.02 Å². The molecule has 0 aliphatic heterocycles. The van der Waals surface area contributed by atoms with Gasteiger partial charge in [0, 0.05) is 16.8 Å². The minimum absolute atomic E-state index is 0.0421. The van der Waals surface area contributed by atoms with Gasteiger partial charge in [0.2, 0.25) is 0 Å². The first kappa shape index (κ1) is 17.8. The maximum Gasteiger partial charge on any atom is 0.313 e. The highest BCUT2D eigenvalue weighted by Crippen LogP contribution is 2.61. The largest absolute Gasteiger partial charge is 0.345 e. The lowest BCUT2D eigenvalue weighted by Gasteiger charge is -2.59. The van der Waals surface area contributed by atoms with E-state index in [9.17, 15) is 9.59 Å². The van der Waals surface area contributed by atoms with E-state index >= 15 is 0 Å². The molecule has 4 aliphatic carbocycles. The van der Waals surface area contributed by atoms with Gasteiger partial charge in [-0.3, -0.25) is 9.59 Å². The number of carbonyl (C=O) groups is 2. The molecule has 4 aliphatic rings. The molecular formula is C21H27ClN2O2. The second kappa shape index (κ2) is 6.56. The number of rotatable bonds is 3. The Kier molecular flexibility index (Phi) is 4.50. The van der Waals surface area contributed by atoms with E-state index in [0.717, 1.165) is 23.3 Å². The molecule has 0 radical (unpaired) electrons. The topological polar surface area (TPSA) is 58.2 Å². The first-order valence-electron chi connectivity index (χ1n) is 9.72. The van der Waals surface area contributed by atoms with Crippen LogP contribution in [0, 0.1) is 30.1 Å². The summed E-state index contributed by atoms with van der Waals surface area (Å²) < 4.78 is 0. The minimum Gasteiger partial charge on any atom is -0.345 e. The predicted molar refractivity (Wildman–Crippen MR) is 103 cm³/mol. The van der Waals surface area contributed by atoms with Crippen molar-refractivity contribution in [3.05, 3.63) is 28.8 Å². The molecule has 4 saturated carbocycles. The van der Waals surface area contributed by atoms with E-state index in [1.165, 1.54) is 38.5 Å². The average Bonchev–Trinajstić information content (AvgIpc) is 2.56. The Morgan fingerprint density at radius 3 is 2.19 bits per heavy atom. The standard InChI is InChI=1S/C21H27ClN2O2/c1-12-5-17(22)3-4-18(12)24-20(26)19(25)23-13(2)21-9-14-6-15(10-21)8-16(7-14)11-21/h3-5,13-16H,6-11H2,1-2H3,(H,23,25)(H,24,26). The Bertz CT molecular complexity index is 710. The summed E-state index contributed by atoms with van der Waals surface area (Å²) in [6, 6.07) is 5.25. The Morgan fingerprint density at radius 2 is 1.65 bits per heavy atom. The Morgan fingerprint density at radius 1 is 1.08 bits per heavy atom. The first-order chi connectivity index (χ1) is 12.3. The number of benzene rings is 1. The third-order valence-corrected chi connectivity index (χ3v) is 7.23. The molecule has 140 valence electrons. The molecule has 5 rings (SSSR count). The van der Waals surface area contributed by atoms with Crippen molar-refractivity contribution in [3.8, 4) is 0 Å². The van der Waals surface area contributed by atoms with Gasteiger partial charge in [-0.2, -0.15) is 0 Å². The number of amides is 2. The van der Waals surface area contributed by atoms with Gasteiger partial charge in [0.25, 0.3) is 0 Å². The van der Waals surface area contributed by atoms with Crippen LogP contribution in [0.15, 0.2) is 18.2 Å². The molecule has 2 amide bonds. The summed E-state index contributed by atoms with van der Waals surface area (Å²) in [6.45, 7) is 3.95. The molecule has 4 bridgehead atoms. The van der Waals surface area contributed by atoms with Gasteiger partial charge in [-0.15, -0.1) is 0 Å². The summed E-state index contributed by atoms with van der Waals surface area (Å²) >= 11 is 5.94. The highest BCUT2D eigenvalue weighted by atomic mass is 35.5. The molecule has 1 aromatic rings. The summed E-state index contributed by atoms with van der Waals surface area (Å²) in [6.07, 6.45) is 7.73. The molecule has 4 nitrogen and oxygen atoms in total. The van der Waals surface area contributed by atoms with Crippen LogP contribution in [0.5, 0.6) is 0 Å². The lowest BCUT2D eigenvalue weighted by atomic mass is 9.48. The fourth-order valence-electron chi connectivity index (χ4n) is 6.07. The number of hydrogen-bond donors (Lipinski definition) is 2. The molecule has 0 aromatic heterocycles. The number of halogens is 1. The zero-order valence-corrected chi connectivity index (χ0v) is 16.2. The molecule has 1 aromatic carbocycles. The van der Waals surface area contributed by atoms with Crippen LogP contribution < -0.4 is 10.6 Å². The number of nitrogens with one attached hydrogen (secondary N) is 2. The van der Waals surface area contributed by atoms with Gasteiger partial charge in [-0.25, -0.2) is 0 Å². The maximum absolute atomic E-state index is 12.5. The van der Waals surface area contributed by atoms with E-state index in [2.05, 4.69) is 17.6 Å². The quantitative estimate of drug-likeness (QED) is 0.774. The molecule has 4 fully saturated rings. The fraction of sp³-hybridized carbons (Fsp3) is 0.619. The zero-order valence-electron chi connectivity index (χ0n) is 15.5. The van der Waals surface area contributed by atoms with Gasteiger partial charge in [-0.1, -0.05) is 11.6 Å². The second-order valence-electron chi connectivity index (χ2n) is 8.89. The smallest absolute Gasteiger partial charge is 0.313 e. The molecule has 0 spiro atoms. The lowest BCUT2D eigenvalue weighted by Crippen LogP contribution is -2.57. The van der Waals surface area contributed by atoms with Crippen LogP contribution >= 0.6 is 11.6 Å². The van der Waals surface area contributed by atoms with E-state index in [0.29, 0.717) is 10.7 Å². The van der Waals surface area contributed by atoms with Crippen LogP contribution in [0.1, 0.15) is 51.0 Å². The average molecular weight is 375 g/mol. The monoisotopic (exact) mass is 374 g/mol. The molecule has 2 N–H and O–H groups in total. The van der Waals surface area contributed by atoms with Crippen molar-refractivity contribution < 1.29 is 9.59 Å².